The molecule has 1 aromatic rings. The van der Waals surface area contributed by atoms with Gasteiger partial charge in [-0.3, -0.25) is 0 Å². The van der Waals surface area contributed by atoms with Crippen LogP contribution in [0.1, 0.15) is 38.2 Å². The largest absolute Gasteiger partial charge is 0.392 e. The molecule has 0 fully saturated rings. The van der Waals surface area contributed by atoms with Crippen LogP contribution in [0.4, 0.5) is 0 Å². The van der Waals surface area contributed by atoms with Crippen LogP contribution in [-0.2, 0) is 0 Å². The number of halogens is 2. The Bertz CT molecular complexity index is 380. The first-order valence-electron chi connectivity index (χ1n) is 6.38. The van der Waals surface area contributed by atoms with Crippen LogP contribution in [-0.4, -0.2) is 17.8 Å². The summed E-state index contributed by atoms with van der Waals surface area (Å²) in [6.45, 7) is 4.53. The molecule has 0 amide bonds. The fourth-order valence-electron chi connectivity index (χ4n) is 2.35. The highest BCUT2D eigenvalue weighted by Gasteiger charge is 2.27. The number of nitrogens with two attached hydrogens (primary N) is 1. The van der Waals surface area contributed by atoms with E-state index in [1.54, 1.807) is 12.1 Å². The average molecular weight is 290 g/mol. The predicted octanol–water partition coefficient (Wildman–Crippen LogP) is 3.83. The van der Waals surface area contributed by atoms with Crippen LogP contribution in [0, 0.1) is 5.92 Å². The SMILES string of the molecule is CCC(CC)C(O)C(CN)c1ccc(Cl)cc1Cl. The summed E-state index contributed by atoms with van der Waals surface area (Å²) in [6.07, 6.45) is 1.39. The molecule has 0 aromatic heterocycles. The summed E-state index contributed by atoms with van der Waals surface area (Å²) in [7, 11) is 0. The lowest BCUT2D eigenvalue weighted by molar-refractivity contribution is 0.0780. The molecule has 0 heterocycles. The summed E-state index contributed by atoms with van der Waals surface area (Å²) in [5.74, 6) is 0.102. The highest BCUT2D eigenvalue weighted by molar-refractivity contribution is 6.35. The second-order valence-electron chi connectivity index (χ2n) is 4.58. The lowest BCUT2D eigenvalue weighted by Crippen LogP contribution is -2.32. The molecule has 3 N–H and O–H groups in total. The normalized spacial score (nSPS) is 14.8. The van der Waals surface area contributed by atoms with Crippen LogP contribution in [0.2, 0.25) is 10.0 Å². The van der Waals surface area contributed by atoms with Gasteiger partial charge < -0.3 is 10.8 Å². The molecule has 0 aliphatic carbocycles. The summed E-state index contributed by atoms with van der Waals surface area (Å²) < 4.78 is 0. The molecule has 0 aliphatic rings. The minimum absolute atomic E-state index is 0.139. The van der Waals surface area contributed by atoms with Crippen molar-refractivity contribution in [2.75, 3.05) is 6.54 Å². The Labute approximate surface area is 119 Å². The van der Waals surface area contributed by atoms with Gasteiger partial charge >= 0.3 is 0 Å². The minimum Gasteiger partial charge on any atom is -0.392 e. The summed E-state index contributed by atoms with van der Waals surface area (Å²) >= 11 is 12.1. The van der Waals surface area contributed by atoms with Gasteiger partial charge in [0.15, 0.2) is 0 Å². The lowest BCUT2D eigenvalue weighted by Gasteiger charge is -2.28. The summed E-state index contributed by atoms with van der Waals surface area (Å²) in [5, 5.41) is 11.6. The van der Waals surface area contributed by atoms with E-state index in [1.807, 2.05) is 6.07 Å². The van der Waals surface area contributed by atoms with Crippen molar-refractivity contribution < 1.29 is 5.11 Å². The van der Waals surface area contributed by atoms with E-state index < -0.39 is 6.10 Å². The molecule has 1 aromatic carbocycles. The second-order valence-corrected chi connectivity index (χ2v) is 5.42. The van der Waals surface area contributed by atoms with Gasteiger partial charge in [-0.1, -0.05) is 56.0 Å². The average Bonchev–Trinajstić information content (AvgIpc) is 2.34. The molecule has 0 radical (unpaired) electrons. The van der Waals surface area contributed by atoms with Crippen molar-refractivity contribution in [1.82, 2.24) is 0 Å². The third kappa shape index (κ3) is 3.61. The van der Waals surface area contributed by atoms with E-state index in [1.165, 1.54) is 0 Å². The van der Waals surface area contributed by atoms with Gasteiger partial charge in [-0.25, -0.2) is 0 Å². The standard InChI is InChI=1S/C14H21Cl2NO/c1-3-9(4-2)14(18)12(8-17)11-6-5-10(15)7-13(11)16/h5-7,9,12,14,18H,3-4,8,17H2,1-2H3. The van der Waals surface area contributed by atoms with Crippen LogP contribution in [0.3, 0.4) is 0 Å². The monoisotopic (exact) mass is 289 g/mol. The maximum atomic E-state index is 10.4. The lowest BCUT2D eigenvalue weighted by atomic mass is 9.83. The number of rotatable bonds is 6. The Balaban J connectivity index is 3.01. The van der Waals surface area contributed by atoms with Gasteiger partial charge in [-0.05, 0) is 23.6 Å². The highest BCUT2D eigenvalue weighted by Crippen LogP contribution is 2.33. The zero-order valence-electron chi connectivity index (χ0n) is 10.9. The quantitative estimate of drug-likeness (QED) is 0.836. The zero-order valence-corrected chi connectivity index (χ0v) is 12.4. The fraction of sp³-hybridized carbons (Fsp3) is 0.571. The fourth-order valence-corrected chi connectivity index (χ4v) is 2.90. The molecular weight excluding hydrogens is 269 g/mol. The Kier molecular flexibility index (Phi) is 6.44. The molecule has 0 spiro atoms. The van der Waals surface area contributed by atoms with E-state index >= 15 is 0 Å². The Morgan fingerprint density at radius 2 is 1.83 bits per heavy atom. The van der Waals surface area contributed by atoms with E-state index in [0.717, 1.165) is 18.4 Å². The van der Waals surface area contributed by atoms with Crippen molar-refractivity contribution >= 4 is 23.2 Å². The number of hydrogen-bond donors (Lipinski definition) is 2. The number of aliphatic hydroxyl groups is 1. The first-order chi connectivity index (χ1) is 8.54. The number of benzene rings is 1. The molecular formula is C14H21Cl2NO. The van der Waals surface area contributed by atoms with Crippen LogP contribution in [0.25, 0.3) is 0 Å². The van der Waals surface area contributed by atoms with Crippen molar-refractivity contribution in [2.45, 2.75) is 38.7 Å². The Hall–Kier alpha value is -0.280. The van der Waals surface area contributed by atoms with Gasteiger partial charge in [0, 0.05) is 22.5 Å². The van der Waals surface area contributed by atoms with Crippen molar-refractivity contribution in [1.29, 1.82) is 0 Å². The minimum atomic E-state index is -0.469. The van der Waals surface area contributed by atoms with Gasteiger partial charge in [0.2, 0.25) is 0 Å². The smallest absolute Gasteiger partial charge is 0.0649 e. The molecule has 0 saturated carbocycles. The van der Waals surface area contributed by atoms with Crippen molar-refractivity contribution in [2.24, 2.45) is 11.7 Å². The summed E-state index contributed by atoms with van der Waals surface area (Å²) in [6, 6.07) is 5.33. The highest BCUT2D eigenvalue weighted by atomic mass is 35.5. The number of aliphatic hydroxyl groups excluding tert-OH is 1. The maximum absolute atomic E-state index is 10.4. The summed E-state index contributed by atoms with van der Waals surface area (Å²) in [4.78, 5) is 0. The van der Waals surface area contributed by atoms with E-state index in [0.29, 0.717) is 16.6 Å². The van der Waals surface area contributed by atoms with Crippen molar-refractivity contribution in [3.05, 3.63) is 33.8 Å². The zero-order chi connectivity index (χ0) is 13.7. The van der Waals surface area contributed by atoms with E-state index in [2.05, 4.69) is 13.8 Å². The molecule has 18 heavy (non-hydrogen) atoms. The van der Waals surface area contributed by atoms with Gasteiger partial charge in [0.05, 0.1) is 6.10 Å². The van der Waals surface area contributed by atoms with Gasteiger partial charge in [-0.15, -0.1) is 0 Å². The topological polar surface area (TPSA) is 46.2 Å². The van der Waals surface area contributed by atoms with E-state index in [9.17, 15) is 5.11 Å². The Morgan fingerprint density at radius 1 is 1.22 bits per heavy atom. The van der Waals surface area contributed by atoms with E-state index in [-0.39, 0.29) is 11.8 Å². The van der Waals surface area contributed by atoms with Crippen molar-refractivity contribution in [3.8, 4) is 0 Å². The molecule has 2 unspecified atom stereocenters. The Morgan fingerprint density at radius 3 is 2.28 bits per heavy atom. The first-order valence-corrected chi connectivity index (χ1v) is 7.13. The van der Waals surface area contributed by atoms with Crippen LogP contribution < -0.4 is 5.73 Å². The molecule has 1 rings (SSSR count). The maximum Gasteiger partial charge on any atom is 0.0649 e. The molecule has 0 aliphatic heterocycles. The molecule has 102 valence electrons. The van der Waals surface area contributed by atoms with Gasteiger partial charge in [0.25, 0.3) is 0 Å². The number of hydrogen-bond acceptors (Lipinski definition) is 2. The predicted molar refractivity (Wildman–Crippen MR) is 78.3 cm³/mol. The van der Waals surface area contributed by atoms with Gasteiger partial charge in [0.1, 0.15) is 0 Å². The van der Waals surface area contributed by atoms with Crippen LogP contribution in [0.5, 0.6) is 0 Å². The second kappa shape index (κ2) is 7.34. The van der Waals surface area contributed by atoms with Crippen LogP contribution in [0.15, 0.2) is 18.2 Å². The summed E-state index contributed by atoms with van der Waals surface area (Å²) in [5.41, 5.74) is 6.69. The van der Waals surface area contributed by atoms with Gasteiger partial charge in [-0.2, -0.15) is 0 Å². The molecule has 0 bridgehead atoms. The first kappa shape index (κ1) is 15.8. The third-order valence-corrected chi connectivity index (χ3v) is 4.12. The van der Waals surface area contributed by atoms with Crippen LogP contribution >= 0.6 is 23.2 Å². The van der Waals surface area contributed by atoms with E-state index in [4.69, 9.17) is 28.9 Å². The molecule has 4 heteroatoms. The molecule has 2 atom stereocenters. The van der Waals surface area contributed by atoms with Crippen molar-refractivity contribution in [3.63, 3.8) is 0 Å². The third-order valence-electron chi connectivity index (χ3n) is 3.56. The molecule has 2 nitrogen and oxygen atoms in total. The molecule has 0 saturated heterocycles.